The molecule has 88 valence electrons. The van der Waals surface area contributed by atoms with Gasteiger partial charge in [-0.25, -0.2) is 0 Å². The van der Waals surface area contributed by atoms with Crippen LogP contribution in [0.2, 0.25) is 0 Å². The summed E-state index contributed by atoms with van der Waals surface area (Å²) in [7, 11) is 0. The van der Waals surface area contributed by atoms with Gasteiger partial charge in [-0.3, -0.25) is 4.98 Å². The van der Waals surface area contributed by atoms with Crippen LogP contribution in [0.15, 0.2) is 18.5 Å². The number of halogens is 3. The van der Waals surface area contributed by atoms with Crippen molar-refractivity contribution in [2.24, 2.45) is 0 Å². The van der Waals surface area contributed by atoms with Gasteiger partial charge in [-0.1, -0.05) is 0 Å². The molecule has 1 unspecified atom stereocenters. The summed E-state index contributed by atoms with van der Waals surface area (Å²) < 4.78 is 38.2. The SMILES string of the molecule is CC(O)C1(c2ccncc2C(F)(F)F)CC1. The first-order valence-electron chi connectivity index (χ1n) is 5.08. The molecule has 1 aromatic rings. The van der Waals surface area contributed by atoms with Gasteiger partial charge < -0.3 is 5.11 Å². The lowest BCUT2D eigenvalue weighted by atomic mass is 9.88. The second-order valence-corrected chi connectivity index (χ2v) is 4.25. The van der Waals surface area contributed by atoms with E-state index in [0.29, 0.717) is 12.8 Å². The molecule has 1 aromatic heterocycles. The molecule has 1 heterocycles. The van der Waals surface area contributed by atoms with E-state index in [1.54, 1.807) is 0 Å². The Morgan fingerprint density at radius 1 is 1.44 bits per heavy atom. The maximum Gasteiger partial charge on any atom is 0.418 e. The number of hydrogen-bond donors (Lipinski definition) is 1. The molecule has 0 bridgehead atoms. The van der Waals surface area contributed by atoms with Gasteiger partial charge in [-0.15, -0.1) is 0 Å². The van der Waals surface area contributed by atoms with Crippen LogP contribution in [0.25, 0.3) is 0 Å². The lowest BCUT2D eigenvalue weighted by Gasteiger charge is -2.22. The highest BCUT2D eigenvalue weighted by Crippen LogP contribution is 2.53. The molecule has 5 heteroatoms. The molecule has 0 spiro atoms. The van der Waals surface area contributed by atoms with Crippen LogP contribution in [0.1, 0.15) is 30.9 Å². The third-order valence-electron chi connectivity index (χ3n) is 3.25. The zero-order valence-corrected chi connectivity index (χ0v) is 8.75. The zero-order valence-electron chi connectivity index (χ0n) is 8.75. The Morgan fingerprint density at radius 2 is 2.06 bits per heavy atom. The van der Waals surface area contributed by atoms with E-state index in [1.165, 1.54) is 19.2 Å². The molecular formula is C11H12F3NO. The molecule has 1 N–H and O–H groups in total. The molecule has 1 atom stereocenters. The Balaban J connectivity index is 2.50. The highest BCUT2D eigenvalue weighted by Gasteiger charge is 2.52. The van der Waals surface area contributed by atoms with Crippen molar-refractivity contribution in [2.45, 2.75) is 37.5 Å². The number of aliphatic hydroxyl groups excluding tert-OH is 1. The lowest BCUT2D eigenvalue weighted by Crippen LogP contribution is -2.26. The number of aromatic nitrogens is 1. The first-order valence-corrected chi connectivity index (χ1v) is 5.08. The minimum atomic E-state index is -4.41. The maximum atomic E-state index is 12.7. The van der Waals surface area contributed by atoms with E-state index < -0.39 is 23.3 Å². The van der Waals surface area contributed by atoms with Gasteiger partial charge >= 0.3 is 6.18 Å². The fraction of sp³-hybridized carbons (Fsp3) is 0.545. The molecule has 1 aliphatic rings. The normalized spacial score (nSPS) is 20.6. The number of nitrogens with zero attached hydrogens (tertiary/aromatic N) is 1. The lowest BCUT2D eigenvalue weighted by molar-refractivity contribution is -0.139. The predicted molar refractivity (Wildman–Crippen MR) is 51.8 cm³/mol. The van der Waals surface area contributed by atoms with Gasteiger partial charge in [0.05, 0.1) is 11.7 Å². The minimum absolute atomic E-state index is 0.171. The van der Waals surface area contributed by atoms with E-state index in [0.717, 1.165) is 6.20 Å². The Morgan fingerprint density at radius 3 is 2.50 bits per heavy atom. The number of hydrogen-bond acceptors (Lipinski definition) is 2. The van der Waals surface area contributed by atoms with Crippen LogP contribution in [0, 0.1) is 0 Å². The van der Waals surface area contributed by atoms with E-state index in [-0.39, 0.29) is 5.56 Å². The van der Waals surface area contributed by atoms with Gasteiger partial charge in [-0.05, 0) is 31.4 Å². The van der Waals surface area contributed by atoms with Crippen LogP contribution in [0.5, 0.6) is 0 Å². The fourth-order valence-electron chi connectivity index (χ4n) is 2.10. The van der Waals surface area contributed by atoms with Crippen molar-refractivity contribution in [3.8, 4) is 0 Å². The Bertz CT molecular complexity index is 396. The first kappa shape index (κ1) is 11.4. The van der Waals surface area contributed by atoms with Crippen LogP contribution in [-0.2, 0) is 11.6 Å². The van der Waals surface area contributed by atoms with Crippen molar-refractivity contribution in [1.29, 1.82) is 0 Å². The largest absolute Gasteiger partial charge is 0.418 e. The van der Waals surface area contributed by atoms with Gasteiger partial charge in [-0.2, -0.15) is 13.2 Å². The minimum Gasteiger partial charge on any atom is -0.392 e. The summed E-state index contributed by atoms with van der Waals surface area (Å²) in [5.41, 5.74) is -1.27. The first-order chi connectivity index (χ1) is 7.38. The predicted octanol–water partition coefficient (Wildman–Crippen LogP) is 2.51. The van der Waals surface area contributed by atoms with E-state index in [4.69, 9.17) is 0 Å². The molecule has 0 radical (unpaired) electrons. The molecule has 1 aliphatic carbocycles. The van der Waals surface area contributed by atoms with E-state index in [1.807, 2.05) is 0 Å². The average Bonchev–Trinajstić information content (AvgIpc) is 2.97. The third-order valence-corrected chi connectivity index (χ3v) is 3.25. The summed E-state index contributed by atoms with van der Waals surface area (Å²) in [6.45, 7) is 1.54. The van der Waals surface area contributed by atoms with Crippen LogP contribution in [0.3, 0.4) is 0 Å². The molecule has 0 saturated heterocycles. The summed E-state index contributed by atoms with van der Waals surface area (Å²) in [4.78, 5) is 3.51. The molecule has 2 nitrogen and oxygen atoms in total. The van der Waals surface area contributed by atoms with Crippen LogP contribution in [0.4, 0.5) is 13.2 Å². The van der Waals surface area contributed by atoms with E-state index >= 15 is 0 Å². The van der Waals surface area contributed by atoms with E-state index in [2.05, 4.69) is 4.98 Å². The second-order valence-electron chi connectivity index (χ2n) is 4.25. The van der Waals surface area contributed by atoms with Crippen molar-refractivity contribution >= 4 is 0 Å². The standard InChI is InChI=1S/C11H12F3NO/c1-7(16)10(3-4-10)8-2-5-15-6-9(8)11(12,13)14/h2,5-7,16H,3-4H2,1H3. The fourth-order valence-corrected chi connectivity index (χ4v) is 2.10. The smallest absolute Gasteiger partial charge is 0.392 e. The summed E-state index contributed by atoms with van der Waals surface area (Å²) >= 11 is 0. The van der Waals surface area contributed by atoms with Crippen LogP contribution >= 0.6 is 0 Å². The Kier molecular flexibility index (Phi) is 2.45. The van der Waals surface area contributed by atoms with Crippen molar-refractivity contribution in [1.82, 2.24) is 4.98 Å². The summed E-state index contributed by atoms with van der Waals surface area (Å²) in [6.07, 6.45) is -1.81. The third kappa shape index (κ3) is 1.69. The van der Waals surface area contributed by atoms with Crippen molar-refractivity contribution in [2.75, 3.05) is 0 Å². The number of alkyl halides is 3. The maximum absolute atomic E-state index is 12.7. The molecule has 0 aromatic carbocycles. The van der Waals surface area contributed by atoms with Crippen LogP contribution < -0.4 is 0 Å². The number of aliphatic hydroxyl groups is 1. The highest BCUT2D eigenvalue weighted by atomic mass is 19.4. The monoisotopic (exact) mass is 231 g/mol. The molecule has 2 rings (SSSR count). The van der Waals surface area contributed by atoms with Gasteiger partial charge in [0.2, 0.25) is 0 Å². The average molecular weight is 231 g/mol. The Hall–Kier alpha value is -1.10. The van der Waals surface area contributed by atoms with Crippen molar-refractivity contribution < 1.29 is 18.3 Å². The number of rotatable bonds is 2. The Labute approximate surface area is 91.1 Å². The quantitative estimate of drug-likeness (QED) is 0.848. The molecule has 1 fully saturated rings. The highest BCUT2D eigenvalue weighted by molar-refractivity contribution is 5.39. The van der Waals surface area contributed by atoms with E-state index in [9.17, 15) is 18.3 Å². The molecular weight excluding hydrogens is 219 g/mol. The molecule has 1 saturated carbocycles. The summed E-state index contributed by atoms with van der Waals surface area (Å²) in [5, 5.41) is 9.60. The summed E-state index contributed by atoms with van der Waals surface area (Å²) in [6, 6.07) is 1.36. The molecule has 0 amide bonds. The second kappa shape index (κ2) is 3.45. The van der Waals surface area contributed by atoms with Gasteiger partial charge in [0.25, 0.3) is 0 Å². The summed E-state index contributed by atoms with van der Waals surface area (Å²) in [5.74, 6) is 0. The van der Waals surface area contributed by atoms with Gasteiger partial charge in [0, 0.05) is 17.8 Å². The topological polar surface area (TPSA) is 33.1 Å². The number of pyridine rings is 1. The molecule has 16 heavy (non-hydrogen) atoms. The van der Waals surface area contributed by atoms with Crippen molar-refractivity contribution in [3.05, 3.63) is 29.6 Å². The van der Waals surface area contributed by atoms with Gasteiger partial charge in [0.15, 0.2) is 0 Å². The zero-order chi connectivity index (χ0) is 12.0. The van der Waals surface area contributed by atoms with Crippen LogP contribution in [-0.4, -0.2) is 16.2 Å². The molecule has 0 aliphatic heterocycles. The van der Waals surface area contributed by atoms with Crippen molar-refractivity contribution in [3.63, 3.8) is 0 Å². The van der Waals surface area contributed by atoms with Gasteiger partial charge in [0.1, 0.15) is 0 Å².